The number of benzene rings is 2. The molecule has 1 aliphatic rings. The van der Waals surface area contributed by atoms with E-state index in [4.69, 9.17) is 4.42 Å². The Morgan fingerprint density at radius 2 is 1.91 bits per heavy atom. The Kier molecular flexibility index (Phi) is 7.76. The van der Waals surface area contributed by atoms with Crippen molar-refractivity contribution in [3.05, 3.63) is 65.8 Å². The summed E-state index contributed by atoms with van der Waals surface area (Å²) in [6, 6.07) is 12.7. The summed E-state index contributed by atoms with van der Waals surface area (Å²) in [6.07, 6.45) is -2.91. The van der Waals surface area contributed by atoms with E-state index in [1.165, 1.54) is 17.0 Å². The number of urea groups is 1. The first kappa shape index (κ1) is 23.7. The number of nitrogens with one attached hydrogen (secondary N) is 2. The predicted molar refractivity (Wildman–Crippen MR) is 120 cm³/mol. The highest BCUT2D eigenvalue weighted by molar-refractivity contribution is 5.91. The lowest BCUT2D eigenvalue weighted by Crippen LogP contribution is -2.48. The second-order valence-electron chi connectivity index (χ2n) is 7.80. The normalized spacial score (nSPS) is 14.4. The summed E-state index contributed by atoms with van der Waals surface area (Å²) in [6.45, 7) is 4.86. The summed E-state index contributed by atoms with van der Waals surface area (Å²) in [4.78, 5) is 16.7. The quantitative estimate of drug-likeness (QED) is 0.520. The summed E-state index contributed by atoms with van der Waals surface area (Å²) in [5.41, 5.74) is 1.04. The fourth-order valence-corrected chi connectivity index (χ4v) is 3.66. The van der Waals surface area contributed by atoms with Crippen LogP contribution in [0.4, 0.5) is 23.7 Å². The van der Waals surface area contributed by atoms with Crippen molar-refractivity contribution in [1.82, 2.24) is 25.7 Å². The highest BCUT2D eigenvalue weighted by Crippen LogP contribution is 2.26. The Labute approximate surface area is 194 Å². The van der Waals surface area contributed by atoms with E-state index in [0.29, 0.717) is 12.2 Å². The number of para-hydroxylation sites is 1. The van der Waals surface area contributed by atoms with E-state index in [1.54, 1.807) is 24.3 Å². The molecule has 1 fully saturated rings. The first-order valence-electron chi connectivity index (χ1n) is 10.9. The summed E-state index contributed by atoms with van der Waals surface area (Å²) >= 11 is 0. The topological polar surface area (TPSA) is 86.5 Å². The SMILES string of the molecule is O=C(NCCN1CCNCC1)N(Cc1ccc(-c2nnc(C(F)F)o2)cc1F)c1ccccc1. The number of carbonyl (C=O) groups excluding carboxylic acids is 1. The number of alkyl halides is 2. The van der Waals surface area contributed by atoms with Crippen LogP contribution < -0.4 is 15.5 Å². The van der Waals surface area contributed by atoms with Crippen molar-refractivity contribution in [3.8, 4) is 11.5 Å². The molecular formula is C23H25F3N6O2. The third kappa shape index (κ3) is 5.91. The van der Waals surface area contributed by atoms with E-state index in [-0.39, 0.29) is 29.6 Å². The highest BCUT2D eigenvalue weighted by Gasteiger charge is 2.21. The van der Waals surface area contributed by atoms with Gasteiger partial charge in [-0.25, -0.2) is 9.18 Å². The van der Waals surface area contributed by atoms with Crippen molar-refractivity contribution < 1.29 is 22.4 Å². The minimum Gasteiger partial charge on any atom is -0.415 e. The summed E-state index contributed by atoms with van der Waals surface area (Å²) in [5.74, 6) is -1.65. The molecule has 1 saturated heterocycles. The largest absolute Gasteiger partial charge is 0.415 e. The molecule has 2 amide bonds. The van der Waals surface area contributed by atoms with Crippen molar-refractivity contribution in [2.24, 2.45) is 0 Å². The van der Waals surface area contributed by atoms with Gasteiger partial charge < -0.3 is 15.1 Å². The zero-order chi connectivity index (χ0) is 23.9. The van der Waals surface area contributed by atoms with Crippen LogP contribution in [0.5, 0.6) is 0 Å². The monoisotopic (exact) mass is 474 g/mol. The molecule has 1 aliphatic heterocycles. The number of rotatable bonds is 8. The van der Waals surface area contributed by atoms with Crippen molar-refractivity contribution in [3.63, 3.8) is 0 Å². The molecule has 0 atom stereocenters. The average molecular weight is 474 g/mol. The van der Waals surface area contributed by atoms with E-state index in [0.717, 1.165) is 38.8 Å². The van der Waals surface area contributed by atoms with Gasteiger partial charge in [0, 0.05) is 56.1 Å². The molecule has 1 aromatic heterocycles. The molecule has 2 heterocycles. The smallest absolute Gasteiger partial charge is 0.322 e. The van der Waals surface area contributed by atoms with Crippen LogP contribution in [0.1, 0.15) is 17.9 Å². The van der Waals surface area contributed by atoms with Crippen molar-refractivity contribution >= 4 is 11.7 Å². The number of hydrogen-bond donors (Lipinski definition) is 2. The number of piperazine rings is 1. The first-order chi connectivity index (χ1) is 16.5. The number of carbonyl (C=O) groups is 1. The maximum atomic E-state index is 14.9. The van der Waals surface area contributed by atoms with Gasteiger partial charge in [-0.15, -0.1) is 10.2 Å². The van der Waals surface area contributed by atoms with E-state index in [1.807, 2.05) is 6.07 Å². The molecule has 0 saturated carbocycles. The van der Waals surface area contributed by atoms with Gasteiger partial charge in [0.2, 0.25) is 5.89 Å². The molecule has 0 spiro atoms. The maximum Gasteiger partial charge on any atom is 0.322 e. The van der Waals surface area contributed by atoms with E-state index in [2.05, 4.69) is 25.7 Å². The van der Waals surface area contributed by atoms with E-state index < -0.39 is 18.1 Å². The Morgan fingerprint density at radius 3 is 2.59 bits per heavy atom. The molecule has 34 heavy (non-hydrogen) atoms. The maximum absolute atomic E-state index is 14.9. The number of hydrogen-bond acceptors (Lipinski definition) is 6. The van der Waals surface area contributed by atoms with Gasteiger partial charge in [0.25, 0.3) is 5.89 Å². The lowest BCUT2D eigenvalue weighted by atomic mass is 10.1. The zero-order valence-corrected chi connectivity index (χ0v) is 18.4. The van der Waals surface area contributed by atoms with Crippen LogP contribution >= 0.6 is 0 Å². The molecule has 2 N–H and O–H groups in total. The fraction of sp³-hybridized carbons (Fsp3) is 0.348. The number of halogens is 3. The Bertz CT molecular complexity index is 1090. The van der Waals surface area contributed by atoms with Crippen molar-refractivity contribution in [2.45, 2.75) is 13.0 Å². The Balaban J connectivity index is 1.46. The van der Waals surface area contributed by atoms with Gasteiger partial charge in [0.05, 0.1) is 6.54 Å². The number of amides is 2. The molecule has 4 rings (SSSR count). The predicted octanol–water partition coefficient (Wildman–Crippen LogP) is 3.43. The Hall–Kier alpha value is -3.44. The van der Waals surface area contributed by atoms with Gasteiger partial charge in [-0.05, 0) is 24.3 Å². The third-order valence-electron chi connectivity index (χ3n) is 5.48. The minimum absolute atomic E-state index is 0.0261. The molecule has 11 heteroatoms. The van der Waals surface area contributed by atoms with Gasteiger partial charge in [-0.1, -0.05) is 24.3 Å². The summed E-state index contributed by atoms with van der Waals surface area (Å²) in [5, 5.41) is 13.0. The van der Waals surface area contributed by atoms with Gasteiger partial charge in [-0.3, -0.25) is 9.80 Å². The van der Waals surface area contributed by atoms with E-state index >= 15 is 0 Å². The van der Waals surface area contributed by atoms with Crippen LogP contribution in [0.2, 0.25) is 0 Å². The lowest BCUT2D eigenvalue weighted by Gasteiger charge is -2.28. The molecule has 0 aliphatic carbocycles. The number of aromatic nitrogens is 2. The van der Waals surface area contributed by atoms with Crippen LogP contribution in [-0.2, 0) is 6.54 Å². The average Bonchev–Trinajstić information content (AvgIpc) is 3.35. The van der Waals surface area contributed by atoms with Crippen molar-refractivity contribution in [1.29, 1.82) is 0 Å². The van der Waals surface area contributed by atoms with Crippen LogP contribution in [0.3, 0.4) is 0 Å². The van der Waals surface area contributed by atoms with E-state index in [9.17, 15) is 18.0 Å². The number of anilines is 1. The molecule has 3 aromatic rings. The minimum atomic E-state index is -2.91. The second-order valence-corrected chi connectivity index (χ2v) is 7.80. The first-order valence-corrected chi connectivity index (χ1v) is 10.9. The van der Waals surface area contributed by atoms with Gasteiger partial charge >= 0.3 is 12.5 Å². The lowest BCUT2D eigenvalue weighted by molar-refractivity contribution is 0.116. The molecule has 8 nitrogen and oxygen atoms in total. The van der Waals surface area contributed by atoms with Crippen LogP contribution in [0.15, 0.2) is 52.9 Å². The molecule has 180 valence electrons. The van der Waals surface area contributed by atoms with Crippen molar-refractivity contribution in [2.75, 3.05) is 44.2 Å². The second kappa shape index (κ2) is 11.1. The molecule has 2 aromatic carbocycles. The molecule has 0 unspecified atom stereocenters. The summed E-state index contributed by atoms with van der Waals surface area (Å²) < 4.78 is 45.2. The molecule has 0 bridgehead atoms. The van der Waals surface area contributed by atoms with Crippen LogP contribution in [-0.4, -0.2) is 60.4 Å². The standard InChI is InChI=1S/C23H25F3N6O2/c24-19-14-16(21-29-30-22(34-21)20(25)26)6-7-17(19)15-32(18-4-2-1-3-5-18)23(33)28-10-13-31-11-8-27-9-12-31/h1-7,14,20,27H,8-13,15H2,(H,28,33). The fourth-order valence-electron chi connectivity index (χ4n) is 3.66. The zero-order valence-electron chi connectivity index (χ0n) is 18.4. The summed E-state index contributed by atoms with van der Waals surface area (Å²) in [7, 11) is 0. The molecule has 0 radical (unpaired) electrons. The van der Waals surface area contributed by atoms with Gasteiger partial charge in [0.15, 0.2) is 0 Å². The number of nitrogens with zero attached hydrogens (tertiary/aromatic N) is 4. The van der Waals surface area contributed by atoms with Crippen LogP contribution in [0, 0.1) is 5.82 Å². The van der Waals surface area contributed by atoms with Gasteiger partial charge in [0.1, 0.15) is 5.82 Å². The Morgan fingerprint density at radius 1 is 1.15 bits per heavy atom. The molecular weight excluding hydrogens is 449 g/mol. The van der Waals surface area contributed by atoms with Crippen LogP contribution in [0.25, 0.3) is 11.5 Å². The highest BCUT2D eigenvalue weighted by atomic mass is 19.3. The third-order valence-corrected chi connectivity index (χ3v) is 5.48. The van der Waals surface area contributed by atoms with Gasteiger partial charge in [-0.2, -0.15) is 8.78 Å².